The number of amides is 1. The predicted octanol–water partition coefficient (Wildman–Crippen LogP) is 5.37. The van der Waals surface area contributed by atoms with Crippen LogP contribution in [0.5, 0.6) is 0 Å². The summed E-state index contributed by atoms with van der Waals surface area (Å²) in [7, 11) is -3.68. The Kier molecular flexibility index (Phi) is 6.83. The van der Waals surface area contributed by atoms with E-state index in [9.17, 15) is 13.2 Å². The van der Waals surface area contributed by atoms with E-state index in [1.54, 1.807) is 27.9 Å². The van der Waals surface area contributed by atoms with Crippen LogP contribution in [0, 0.1) is 34.6 Å². The number of aryl methyl sites for hydroxylation is 4. The maximum absolute atomic E-state index is 13.7. The fraction of sp³-hybridized carbons (Fsp3) is 0.345. The highest BCUT2D eigenvalue weighted by atomic mass is 32.2. The number of sulfonamides is 1. The largest absolute Gasteiger partial charge is 0.320 e. The minimum Gasteiger partial charge on any atom is -0.320 e. The Morgan fingerprint density at radius 1 is 0.921 bits per heavy atom. The van der Waals surface area contributed by atoms with Gasteiger partial charge in [-0.1, -0.05) is 30.7 Å². The van der Waals surface area contributed by atoms with E-state index in [0.29, 0.717) is 41.1 Å². The van der Waals surface area contributed by atoms with Gasteiger partial charge in [0.1, 0.15) is 0 Å². The normalized spacial score (nSPS) is 14.7. The Bertz CT molecular complexity index is 1670. The number of carbonyl (C=O) groups is 1. The SMILES string of the molecule is Cc1cc(C)n2nc(C(=O)Nc3cccc(C)c3C)c(-c3ccc(C)c(S(=O)(=O)N4CCCCC4)c3)c2n1. The maximum atomic E-state index is 13.7. The molecule has 198 valence electrons. The minimum absolute atomic E-state index is 0.192. The summed E-state index contributed by atoms with van der Waals surface area (Å²) in [6, 6.07) is 13.0. The molecule has 1 amide bonds. The first-order chi connectivity index (χ1) is 18.1. The molecule has 0 atom stereocenters. The molecule has 0 spiro atoms. The second-order valence-corrected chi connectivity index (χ2v) is 12.1. The van der Waals surface area contributed by atoms with E-state index >= 15 is 0 Å². The molecule has 0 bridgehead atoms. The number of aromatic nitrogens is 3. The second-order valence-electron chi connectivity index (χ2n) is 10.1. The third-order valence-corrected chi connectivity index (χ3v) is 9.41. The number of piperidine rings is 1. The highest BCUT2D eigenvalue weighted by Crippen LogP contribution is 2.33. The molecule has 0 unspecified atom stereocenters. The summed E-state index contributed by atoms with van der Waals surface area (Å²) in [5.74, 6) is -0.378. The van der Waals surface area contributed by atoms with E-state index in [4.69, 9.17) is 4.98 Å². The molecule has 0 aliphatic carbocycles. The zero-order valence-electron chi connectivity index (χ0n) is 22.5. The number of hydrogen-bond acceptors (Lipinski definition) is 5. The van der Waals surface area contributed by atoms with Gasteiger partial charge in [-0.3, -0.25) is 4.79 Å². The monoisotopic (exact) mass is 531 g/mol. The highest BCUT2D eigenvalue weighted by molar-refractivity contribution is 7.89. The molecule has 5 rings (SSSR count). The summed E-state index contributed by atoms with van der Waals surface area (Å²) in [6.45, 7) is 10.6. The Hall–Kier alpha value is -3.56. The third kappa shape index (κ3) is 4.61. The van der Waals surface area contributed by atoms with Crippen LogP contribution in [-0.4, -0.2) is 46.3 Å². The van der Waals surface area contributed by atoms with Crippen molar-refractivity contribution in [2.75, 3.05) is 18.4 Å². The van der Waals surface area contributed by atoms with Gasteiger partial charge < -0.3 is 5.32 Å². The highest BCUT2D eigenvalue weighted by Gasteiger charge is 2.29. The molecular weight excluding hydrogens is 498 g/mol. The first kappa shape index (κ1) is 26.1. The summed E-state index contributed by atoms with van der Waals surface area (Å²) >= 11 is 0. The zero-order chi connectivity index (χ0) is 27.2. The summed E-state index contributed by atoms with van der Waals surface area (Å²) in [6.07, 6.45) is 2.76. The number of anilines is 1. The van der Waals surface area contributed by atoms with Gasteiger partial charge in [-0.05, 0) is 87.9 Å². The molecule has 1 fully saturated rings. The number of nitrogens with zero attached hydrogens (tertiary/aromatic N) is 4. The van der Waals surface area contributed by atoms with E-state index in [0.717, 1.165) is 41.8 Å². The van der Waals surface area contributed by atoms with E-state index in [2.05, 4.69) is 10.4 Å². The van der Waals surface area contributed by atoms with Crippen LogP contribution in [-0.2, 0) is 10.0 Å². The molecule has 1 aliphatic rings. The summed E-state index contributed by atoms with van der Waals surface area (Å²) in [5, 5.41) is 7.68. The van der Waals surface area contributed by atoms with Crippen LogP contribution in [0.25, 0.3) is 16.8 Å². The summed E-state index contributed by atoms with van der Waals surface area (Å²) < 4.78 is 30.5. The van der Waals surface area contributed by atoms with Gasteiger partial charge in [0.2, 0.25) is 10.0 Å². The van der Waals surface area contributed by atoms with Gasteiger partial charge in [0.05, 0.1) is 10.5 Å². The van der Waals surface area contributed by atoms with Crippen LogP contribution in [0.3, 0.4) is 0 Å². The molecule has 9 heteroatoms. The van der Waals surface area contributed by atoms with E-state index in [-0.39, 0.29) is 16.5 Å². The Morgan fingerprint density at radius 3 is 2.39 bits per heavy atom. The van der Waals surface area contributed by atoms with Crippen molar-refractivity contribution in [2.45, 2.75) is 58.8 Å². The van der Waals surface area contributed by atoms with Crippen molar-refractivity contribution in [3.63, 3.8) is 0 Å². The first-order valence-electron chi connectivity index (χ1n) is 12.9. The van der Waals surface area contributed by atoms with Gasteiger partial charge in [-0.25, -0.2) is 17.9 Å². The average Bonchev–Trinajstić information content (AvgIpc) is 3.27. The van der Waals surface area contributed by atoms with Gasteiger partial charge in [0, 0.05) is 30.2 Å². The number of benzene rings is 2. The fourth-order valence-electron chi connectivity index (χ4n) is 5.09. The number of nitrogens with one attached hydrogen (secondary N) is 1. The van der Waals surface area contributed by atoms with Crippen molar-refractivity contribution < 1.29 is 13.2 Å². The van der Waals surface area contributed by atoms with Crippen LogP contribution in [0.15, 0.2) is 47.4 Å². The molecule has 0 radical (unpaired) electrons. The minimum atomic E-state index is -3.68. The van der Waals surface area contributed by atoms with Crippen molar-refractivity contribution in [3.8, 4) is 11.1 Å². The maximum Gasteiger partial charge on any atom is 0.276 e. The van der Waals surface area contributed by atoms with Gasteiger partial charge in [-0.15, -0.1) is 0 Å². The number of carbonyl (C=O) groups excluding carboxylic acids is 1. The number of rotatable bonds is 5. The van der Waals surface area contributed by atoms with Gasteiger partial charge >= 0.3 is 0 Å². The van der Waals surface area contributed by atoms with Crippen LogP contribution in [0.1, 0.15) is 57.8 Å². The molecular formula is C29H33N5O3S. The van der Waals surface area contributed by atoms with Gasteiger partial charge in [-0.2, -0.15) is 9.40 Å². The van der Waals surface area contributed by atoms with E-state index < -0.39 is 10.0 Å². The Labute approximate surface area is 223 Å². The van der Waals surface area contributed by atoms with Crippen molar-refractivity contribution in [3.05, 3.63) is 76.2 Å². The average molecular weight is 532 g/mol. The molecule has 0 saturated carbocycles. The van der Waals surface area contributed by atoms with Crippen molar-refractivity contribution in [1.29, 1.82) is 0 Å². The molecule has 8 nitrogen and oxygen atoms in total. The summed E-state index contributed by atoms with van der Waals surface area (Å²) in [4.78, 5) is 18.7. The van der Waals surface area contributed by atoms with Gasteiger partial charge in [0.15, 0.2) is 11.3 Å². The van der Waals surface area contributed by atoms with Gasteiger partial charge in [0.25, 0.3) is 5.91 Å². The molecule has 2 aromatic carbocycles. The standard InChI is InChI=1S/C29H33N5O3S/c1-18-10-9-11-24(22(18)5)31-29(35)27-26(28-30-20(3)16-21(4)34(28)32-27)23-13-12-19(2)25(17-23)38(36,37)33-14-7-6-8-15-33/h9-13,16-17H,6-8,14-15H2,1-5H3,(H,31,35). The van der Waals surface area contributed by atoms with Crippen molar-refractivity contribution in [2.24, 2.45) is 0 Å². The second kappa shape index (κ2) is 9.96. The lowest BCUT2D eigenvalue weighted by Crippen LogP contribution is -2.35. The Morgan fingerprint density at radius 2 is 1.66 bits per heavy atom. The molecule has 38 heavy (non-hydrogen) atoms. The molecule has 4 aromatic rings. The van der Waals surface area contributed by atoms with Crippen LogP contribution < -0.4 is 5.32 Å². The lowest BCUT2D eigenvalue weighted by molar-refractivity contribution is 0.102. The topological polar surface area (TPSA) is 96.7 Å². The molecule has 1 aliphatic heterocycles. The number of hydrogen-bond donors (Lipinski definition) is 1. The molecule has 3 heterocycles. The first-order valence-corrected chi connectivity index (χ1v) is 14.4. The van der Waals surface area contributed by atoms with Crippen molar-refractivity contribution in [1.82, 2.24) is 18.9 Å². The van der Waals surface area contributed by atoms with Crippen LogP contribution in [0.2, 0.25) is 0 Å². The molecule has 2 aromatic heterocycles. The lowest BCUT2D eigenvalue weighted by atomic mass is 10.0. The van der Waals surface area contributed by atoms with Crippen LogP contribution >= 0.6 is 0 Å². The fourth-order valence-corrected chi connectivity index (χ4v) is 6.86. The predicted molar refractivity (Wildman–Crippen MR) is 149 cm³/mol. The lowest BCUT2D eigenvalue weighted by Gasteiger charge is -2.26. The summed E-state index contributed by atoms with van der Waals surface area (Å²) in [5.41, 5.74) is 6.82. The Balaban J connectivity index is 1.68. The molecule has 1 saturated heterocycles. The van der Waals surface area contributed by atoms with E-state index in [1.807, 2.05) is 58.0 Å². The number of fused-ring (bicyclic) bond motifs is 1. The third-order valence-electron chi connectivity index (χ3n) is 7.37. The van der Waals surface area contributed by atoms with Crippen molar-refractivity contribution >= 4 is 27.3 Å². The quantitative estimate of drug-likeness (QED) is 0.374. The molecule has 1 N–H and O–H groups in total. The zero-order valence-corrected chi connectivity index (χ0v) is 23.3. The van der Waals surface area contributed by atoms with E-state index in [1.165, 1.54) is 0 Å². The van der Waals surface area contributed by atoms with Crippen LogP contribution in [0.4, 0.5) is 5.69 Å². The smallest absolute Gasteiger partial charge is 0.276 e.